The van der Waals surface area contributed by atoms with Gasteiger partial charge in [-0.05, 0) is 30.7 Å². The second-order valence-electron chi connectivity index (χ2n) is 6.53. The van der Waals surface area contributed by atoms with E-state index in [1.807, 2.05) is 0 Å². The zero-order valence-electron chi connectivity index (χ0n) is 13.3. The highest BCUT2D eigenvalue weighted by Crippen LogP contribution is 2.40. The third-order valence-electron chi connectivity index (χ3n) is 4.01. The number of benzene rings is 1. The molecule has 3 atom stereocenters. The summed E-state index contributed by atoms with van der Waals surface area (Å²) in [6.45, 7) is 6.26. The molecule has 3 nitrogen and oxygen atoms in total. The van der Waals surface area contributed by atoms with Gasteiger partial charge < -0.3 is 15.2 Å². The van der Waals surface area contributed by atoms with E-state index in [4.69, 9.17) is 4.74 Å². The summed E-state index contributed by atoms with van der Waals surface area (Å²) in [5, 5.41) is 13.3. The van der Waals surface area contributed by atoms with E-state index in [-0.39, 0.29) is 0 Å². The fourth-order valence-electron chi connectivity index (χ4n) is 2.65. The first-order valence-electron chi connectivity index (χ1n) is 8.21. The molecule has 2 N–H and O–H groups in total. The smallest absolute Gasteiger partial charge is 0.0897 e. The Morgan fingerprint density at radius 2 is 2.05 bits per heavy atom. The van der Waals surface area contributed by atoms with E-state index in [0.29, 0.717) is 25.1 Å². The van der Waals surface area contributed by atoms with Crippen molar-refractivity contribution in [3.63, 3.8) is 0 Å². The molecule has 0 bridgehead atoms. The number of rotatable bonds is 10. The van der Waals surface area contributed by atoms with Crippen molar-refractivity contribution in [1.29, 1.82) is 0 Å². The van der Waals surface area contributed by atoms with Crippen LogP contribution in [0, 0.1) is 5.92 Å². The third kappa shape index (κ3) is 6.16. The van der Waals surface area contributed by atoms with Crippen LogP contribution in [0.3, 0.4) is 0 Å². The van der Waals surface area contributed by atoms with Crippen LogP contribution in [0.15, 0.2) is 30.3 Å². The second kappa shape index (κ2) is 8.52. The second-order valence-corrected chi connectivity index (χ2v) is 6.53. The van der Waals surface area contributed by atoms with Gasteiger partial charge in [-0.15, -0.1) is 0 Å². The molecule has 21 heavy (non-hydrogen) atoms. The van der Waals surface area contributed by atoms with Gasteiger partial charge >= 0.3 is 0 Å². The van der Waals surface area contributed by atoms with E-state index in [1.54, 1.807) is 0 Å². The lowest BCUT2D eigenvalue weighted by molar-refractivity contribution is 0.0346. The lowest BCUT2D eigenvalue weighted by Gasteiger charge is -2.13. The molecule has 0 amide bonds. The van der Waals surface area contributed by atoms with Crippen molar-refractivity contribution in [2.75, 3.05) is 19.8 Å². The Bertz CT molecular complexity index is 393. The molecule has 0 spiro atoms. The van der Waals surface area contributed by atoms with Crippen molar-refractivity contribution >= 4 is 0 Å². The highest BCUT2D eigenvalue weighted by atomic mass is 16.5. The van der Waals surface area contributed by atoms with Gasteiger partial charge in [0.1, 0.15) is 0 Å². The summed E-state index contributed by atoms with van der Waals surface area (Å²) in [7, 11) is 0. The van der Waals surface area contributed by atoms with E-state index in [0.717, 1.165) is 18.9 Å². The number of aliphatic hydroxyl groups excluding tert-OH is 1. The van der Waals surface area contributed by atoms with Gasteiger partial charge in [-0.1, -0.05) is 44.2 Å². The van der Waals surface area contributed by atoms with Gasteiger partial charge in [0.25, 0.3) is 0 Å². The molecule has 1 saturated carbocycles. The summed E-state index contributed by atoms with van der Waals surface area (Å²) in [6, 6.07) is 11.1. The maximum atomic E-state index is 9.90. The maximum absolute atomic E-state index is 9.90. The topological polar surface area (TPSA) is 41.5 Å². The van der Waals surface area contributed by atoms with Crippen molar-refractivity contribution < 1.29 is 9.84 Å². The average Bonchev–Trinajstić information content (AvgIpc) is 3.25. The molecular weight excluding hydrogens is 262 g/mol. The Labute approximate surface area is 128 Å². The van der Waals surface area contributed by atoms with E-state index < -0.39 is 6.10 Å². The Morgan fingerprint density at radius 1 is 1.29 bits per heavy atom. The molecule has 3 unspecified atom stereocenters. The van der Waals surface area contributed by atoms with Crippen molar-refractivity contribution in [3.05, 3.63) is 35.9 Å². The van der Waals surface area contributed by atoms with E-state index >= 15 is 0 Å². The van der Waals surface area contributed by atoms with Crippen molar-refractivity contribution in [2.24, 2.45) is 5.92 Å². The van der Waals surface area contributed by atoms with Crippen molar-refractivity contribution in [1.82, 2.24) is 5.32 Å². The quantitative estimate of drug-likeness (QED) is 0.651. The zero-order valence-corrected chi connectivity index (χ0v) is 13.3. The normalized spacial score (nSPS) is 22.5. The number of hydrogen-bond donors (Lipinski definition) is 2. The number of hydrogen-bond acceptors (Lipinski definition) is 3. The van der Waals surface area contributed by atoms with Crippen LogP contribution < -0.4 is 5.32 Å². The SMILES string of the molecule is CC(C)CCCOCC(O)CNC1CC1c1ccccc1. The molecule has 1 aliphatic rings. The zero-order chi connectivity index (χ0) is 15.1. The molecule has 0 aliphatic heterocycles. The molecule has 1 aromatic carbocycles. The van der Waals surface area contributed by atoms with Crippen LogP contribution in [-0.2, 0) is 4.74 Å². The standard InChI is InChI=1S/C18H29NO2/c1-14(2)7-6-10-21-13-16(20)12-19-18-11-17(18)15-8-4-3-5-9-15/h3-5,8-9,14,16-20H,6-7,10-13H2,1-2H3. The third-order valence-corrected chi connectivity index (χ3v) is 4.01. The Morgan fingerprint density at radius 3 is 2.76 bits per heavy atom. The summed E-state index contributed by atoms with van der Waals surface area (Å²) in [6.07, 6.45) is 3.04. The first-order valence-corrected chi connectivity index (χ1v) is 8.21. The number of aliphatic hydroxyl groups is 1. The van der Waals surface area contributed by atoms with Crippen LogP contribution in [0.4, 0.5) is 0 Å². The monoisotopic (exact) mass is 291 g/mol. The van der Waals surface area contributed by atoms with Gasteiger partial charge in [0, 0.05) is 25.1 Å². The molecule has 3 heteroatoms. The van der Waals surface area contributed by atoms with Crippen LogP contribution in [0.2, 0.25) is 0 Å². The minimum Gasteiger partial charge on any atom is -0.389 e. The van der Waals surface area contributed by atoms with Gasteiger partial charge in [-0.2, -0.15) is 0 Å². The van der Waals surface area contributed by atoms with Crippen LogP contribution in [0.1, 0.15) is 44.6 Å². The molecule has 118 valence electrons. The highest BCUT2D eigenvalue weighted by Gasteiger charge is 2.37. The number of ether oxygens (including phenoxy) is 1. The molecular formula is C18H29NO2. The Balaban J connectivity index is 1.51. The summed E-state index contributed by atoms with van der Waals surface area (Å²) >= 11 is 0. The summed E-state index contributed by atoms with van der Waals surface area (Å²) in [4.78, 5) is 0. The van der Waals surface area contributed by atoms with Gasteiger partial charge in [0.2, 0.25) is 0 Å². The molecule has 1 aromatic rings. The van der Waals surface area contributed by atoms with Crippen LogP contribution >= 0.6 is 0 Å². The molecule has 0 heterocycles. The summed E-state index contributed by atoms with van der Waals surface area (Å²) < 4.78 is 5.52. The molecule has 0 aromatic heterocycles. The predicted molar refractivity (Wildman–Crippen MR) is 86.5 cm³/mol. The van der Waals surface area contributed by atoms with Crippen molar-refractivity contribution in [2.45, 2.75) is 51.2 Å². The molecule has 2 rings (SSSR count). The molecule has 0 saturated heterocycles. The Kier molecular flexibility index (Phi) is 6.68. The van der Waals surface area contributed by atoms with E-state index in [1.165, 1.54) is 18.4 Å². The molecule has 1 aliphatic carbocycles. The predicted octanol–water partition coefficient (Wildman–Crippen LogP) is 2.95. The minimum absolute atomic E-state index is 0.402. The number of nitrogens with one attached hydrogen (secondary N) is 1. The van der Waals surface area contributed by atoms with Crippen LogP contribution in [0.25, 0.3) is 0 Å². The Hall–Kier alpha value is -0.900. The van der Waals surface area contributed by atoms with Gasteiger partial charge in [-0.3, -0.25) is 0 Å². The molecule has 1 fully saturated rings. The minimum atomic E-state index is -0.402. The first-order chi connectivity index (χ1) is 10.2. The summed E-state index contributed by atoms with van der Waals surface area (Å²) in [5.41, 5.74) is 1.40. The maximum Gasteiger partial charge on any atom is 0.0897 e. The van der Waals surface area contributed by atoms with Crippen LogP contribution in [-0.4, -0.2) is 37.0 Å². The lowest BCUT2D eigenvalue weighted by Crippen LogP contribution is -2.32. The van der Waals surface area contributed by atoms with E-state index in [2.05, 4.69) is 49.5 Å². The van der Waals surface area contributed by atoms with Gasteiger partial charge in [0.15, 0.2) is 0 Å². The van der Waals surface area contributed by atoms with E-state index in [9.17, 15) is 5.11 Å². The van der Waals surface area contributed by atoms with Crippen molar-refractivity contribution in [3.8, 4) is 0 Å². The first kappa shape index (κ1) is 16.5. The molecule has 0 radical (unpaired) electrons. The average molecular weight is 291 g/mol. The largest absolute Gasteiger partial charge is 0.389 e. The summed E-state index contributed by atoms with van der Waals surface area (Å²) in [5.74, 6) is 1.34. The van der Waals surface area contributed by atoms with Crippen LogP contribution in [0.5, 0.6) is 0 Å². The fourth-order valence-corrected chi connectivity index (χ4v) is 2.65. The fraction of sp³-hybridized carbons (Fsp3) is 0.667. The lowest BCUT2D eigenvalue weighted by atomic mass is 10.1. The van der Waals surface area contributed by atoms with Gasteiger partial charge in [-0.25, -0.2) is 0 Å². The van der Waals surface area contributed by atoms with Gasteiger partial charge in [0.05, 0.1) is 12.7 Å². The highest BCUT2D eigenvalue weighted by molar-refractivity contribution is 5.27.